The van der Waals surface area contributed by atoms with Gasteiger partial charge in [-0.3, -0.25) is 5.32 Å². The van der Waals surface area contributed by atoms with Gasteiger partial charge in [0.2, 0.25) is 0 Å². The van der Waals surface area contributed by atoms with Crippen LogP contribution in [0.1, 0.15) is 19.8 Å². The number of carbonyl (C=O) groups excluding carboxylic acids is 1. The quantitative estimate of drug-likeness (QED) is 0.628. The SMILES string of the molecule is CCCC(NC(=O)OC)OC. The second-order valence-electron chi connectivity index (χ2n) is 2.15. The van der Waals surface area contributed by atoms with Crippen LogP contribution in [-0.2, 0) is 9.47 Å². The lowest BCUT2D eigenvalue weighted by molar-refractivity contribution is 0.0608. The molecule has 0 aromatic carbocycles. The summed E-state index contributed by atoms with van der Waals surface area (Å²) in [5.41, 5.74) is 0. The number of methoxy groups -OCH3 is 2. The van der Waals surface area contributed by atoms with Crippen LogP contribution in [0.3, 0.4) is 0 Å². The van der Waals surface area contributed by atoms with Crippen LogP contribution in [-0.4, -0.2) is 26.5 Å². The van der Waals surface area contributed by atoms with Gasteiger partial charge in [0.25, 0.3) is 0 Å². The molecular formula is C7H15NO3. The number of amides is 1. The largest absolute Gasteiger partial charge is 0.453 e. The highest BCUT2D eigenvalue weighted by Gasteiger charge is 2.08. The van der Waals surface area contributed by atoms with E-state index in [0.717, 1.165) is 12.8 Å². The molecule has 11 heavy (non-hydrogen) atoms. The molecule has 0 bridgehead atoms. The predicted molar refractivity (Wildman–Crippen MR) is 41.2 cm³/mol. The van der Waals surface area contributed by atoms with E-state index in [1.807, 2.05) is 6.92 Å². The molecule has 1 unspecified atom stereocenters. The Hall–Kier alpha value is -0.770. The Bertz CT molecular complexity index is 116. The van der Waals surface area contributed by atoms with Crippen molar-refractivity contribution < 1.29 is 14.3 Å². The van der Waals surface area contributed by atoms with E-state index in [0.29, 0.717) is 0 Å². The summed E-state index contributed by atoms with van der Waals surface area (Å²) >= 11 is 0. The Balaban J connectivity index is 3.58. The maximum atomic E-state index is 10.6. The Morgan fingerprint density at radius 2 is 2.18 bits per heavy atom. The highest BCUT2D eigenvalue weighted by atomic mass is 16.6. The van der Waals surface area contributed by atoms with Crippen molar-refractivity contribution in [2.75, 3.05) is 14.2 Å². The number of hydrogen-bond donors (Lipinski definition) is 1. The zero-order valence-electron chi connectivity index (χ0n) is 7.22. The molecule has 0 heterocycles. The van der Waals surface area contributed by atoms with Crippen molar-refractivity contribution in [2.24, 2.45) is 0 Å². The fourth-order valence-electron chi connectivity index (χ4n) is 0.702. The molecule has 0 spiro atoms. The lowest BCUT2D eigenvalue weighted by atomic mass is 10.3. The van der Waals surface area contributed by atoms with Crippen LogP contribution in [0.15, 0.2) is 0 Å². The molecule has 0 rings (SSSR count). The first kappa shape index (κ1) is 10.2. The minimum atomic E-state index is -0.453. The van der Waals surface area contributed by atoms with Crippen LogP contribution in [0.25, 0.3) is 0 Å². The second kappa shape index (κ2) is 5.97. The summed E-state index contributed by atoms with van der Waals surface area (Å²) in [4.78, 5) is 10.6. The van der Waals surface area contributed by atoms with Crippen LogP contribution in [0, 0.1) is 0 Å². The van der Waals surface area contributed by atoms with E-state index in [1.54, 1.807) is 7.11 Å². The lowest BCUT2D eigenvalue weighted by Gasteiger charge is -2.14. The molecule has 4 heteroatoms. The van der Waals surface area contributed by atoms with Crippen molar-refractivity contribution in [1.29, 1.82) is 0 Å². The molecule has 0 radical (unpaired) electrons. The van der Waals surface area contributed by atoms with Crippen molar-refractivity contribution in [3.05, 3.63) is 0 Å². The Morgan fingerprint density at radius 3 is 2.55 bits per heavy atom. The molecule has 66 valence electrons. The molecule has 0 aliphatic carbocycles. The van der Waals surface area contributed by atoms with E-state index < -0.39 is 6.09 Å². The molecule has 0 saturated heterocycles. The summed E-state index contributed by atoms with van der Waals surface area (Å²) in [6.07, 6.45) is 1.08. The van der Waals surface area contributed by atoms with E-state index in [9.17, 15) is 4.79 Å². The van der Waals surface area contributed by atoms with Gasteiger partial charge in [0.05, 0.1) is 7.11 Å². The number of hydrogen-bond acceptors (Lipinski definition) is 3. The second-order valence-corrected chi connectivity index (χ2v) is 2.15. The molecule has 1 atom stereocenters. The molecule has 0 aromatic heterocycles. The van der Waals surface area contributed by atoms with Gasteiger partial charge < -0.3 is 9.47 Å². The number of ether oxygens (including phenoxy) is 2. The highest BCUT2D eigenvalue weighted by Crippen LogP contribution is 1.96. The van der Waals surface area contributed by atoms with Gasteiger partial charge in [-0.25, -0.2) is 4.79 Å². The van der Waals surface area contributed by atoms with Crippen LogP contribution in [0.2, 0.25) is 0 Å². The summed E-state index contributed by atoms with van der Waals surface area (Å²) in [5, 5.41) is 2.53. The predicted octanol–water partition coefficient (Wildman–Crippen LogP) is 1.11. The average molecular weight is 161 g/mol. The first-order valence-electron chi connectivity index (χ1n) is 3.61. The number of carbonyl (C=O) groups is 1. The average Bonchev–Trinajstić information content (AvgIpc) is 2.03. The van der Waals surface area contributed by atoms with E-state index in [-0.39, 0.29) is 6.23 Å². The molecular weight excluding hydrogens is 146 g/mol. The lowest BCUT2D eigenvalue weighted by Crippen LogP contribution is -2.35. The third-order valence-corrected chi connectivity index (χ3v) is 1.30. The first-order valence-corrected chi connectivity index (χ1v) is 3.61. The minimum absolute atomic E-state index is 0.229. The van der Waals surface area contributed by atoms with Crippen molar-refractivity contribution in [3.63, 3.8) is 0 Å². The molecule has 0 saturated carbocycles. The minimum Gasteiger partial charge on any atom is -0.453 e. The monoisotopic (exact) mass is 161 g/mol. The fraction of sp³-hybridized carbons (Fsp3) is 0.857. The Morgan fingerprint density at radius 1 is 1.55 bits per heavy atom. The molecule has 0 fully saturated rings. The smallest absolute Gasteiger partial charge is 0.408 e. The topological polar surface area (TPSA) is 47.6 Å². The Kier molecular flexibility index (Phi) is 5.56. The van der Waals surface area contributed by atoms with E-state index in [4.69, 9.17) is 4.74 Å². The van der Waals surface area contributed by atoms with Crippen molar-refractivity contribution in [3.8, 4) is 0 Å². The number of alkyl carbamates (subject to hydrolysis) is 1. The normalized spacial score (nSPS) is 12.3. The molecule has 1 amide bonds. The molecule has 1 N–H and O–H groups in total. The van der Waals surface area contributed by atoms with E-state index in [2.05, 4.69) is 10.1 Å². The van der Waals surface area contributed by atoms with Gasteiger partial charge in [-0.1, -0.05) is 13.3 Å². The van der Waals surface area contributed by atoms with Gasteiger partial charge in [-0.05, 0) is 6.42 Å². The number of rotatable bonds is 4. The van der Waals surface area contributed by atoms with Crippen molar-refractivity contribution in [1.82, 2.24) is 5.32 Å². The fourth-order valence-corrected chi connectivity index (χ4v) is 0.702. The summed E-state index contributed by atoms with van der Waals surface area (Å²) in [7, 11) is 2.88. The summed E-state index contributed by atoms with van der Waals surface area (Å²) in [6, 6.07) is 0. The molecule has 4 nitrogen and oxygen atoms in total. The van der Waals surface area contributed by atoms with Crippen molar-refractivity contribution >= 4 is 6.09 Å². The van der Waals surface area contributed by atoms with Gasteiger partial charge in [0.15, 0.2) is 0 Å². The Labute approximate surface area is 66.9 Å². The molecule has 0 aliphatic heterocycles. The number of nitrogens with one attached hydrogen (secondary N) is 1. The van der Waals surface area contributed by atoms with Gasteiger partial charge >= 0.3 is 6.09 Å². The van der Waals surface area contributed by atoms with Gasteiger partial charge in [0, 0.05) is 7.11 Å². The van der Waals surface area contributed by atoms with Crippen LogP contribution in [0.5, 0.6) is 0 Å². The first-order chi connectivity index (χ1) is 5.24. The highest BCUT2D eigenvalue weighted by molar-refractivity contribution is 5.67. The molecule has 0 aromatic rings. The zero-order valence-corrected chi connectivity index (χ0v) is 7.22. The van der Waals surface area contributed by atoms with E-state index >= 15 is 0 Å². The maximum Gasteiger partial charge on any atom is 0.408 e. The third-order valence-electron chi connectivity index (χ3n) is 1.30. The van der Waals surface area contributed by atoms with Crippen LogP contribution >= 0.6 is 0 Å². The zero-order chi connectivity index (χ0) is 8.69. The standard InChI is InChI=1S/C7H15NO3/c1-4-5-6(10-2)8-7(9)11-3/h6H,4-5H2,1-3H3,(H,8,9). The van der Waals surface area contributed by atoms with Crippen molar-refractivity contribution in [2.45, 2.75) is 26.0 Å². The van der Waals surface area contributed by atoms with Gasteiger partial charge in [-0.2, -0.15) is 0 Å². The van der Waals surface area contributed by atoms with Gasteiger partial charge in [0.1, 0.15) is 6.23 Å². The van der Waals surface area contributed by atoms with Gasteiger partial charge in [-0.15, -0.1) is 0 Å². The maximum absolute atomic E-state index is 10.6. The molecule has 0 aliphatic rings. The summed E-state index contributed by atoms with van der Waals surface area (Å²) in [6.45, 7) is 2.02. The van der Waals surface area contributed by atoms with E-state index in [1.165, 1.54) is 7.11 Å². The van der Waals surface area contributed by atoms with Crippen LogP contribution in [0.4, 0.5) is 4.79 Å². The summed E-state index contributed by atoms with van der Waals surface area (Å²) in [5.74, 6) is 0. The van der Waals surface area contributed by atoms with Crippen LogP contribution < -0.4 is 5.32 Å². The third kappa shape index (κ3) is 4.61. The summed E-state index contributed by atoms with van der Waals surface area (Å²) < 4.78 is 9.35.